The van der Waals surface area contributed by atoms with E-state index in [0.29, 0.717) is 23.9 Å². The molecule has 1 aromatic heterocycles. The maximum absolute atomic E-state index is 5.47. The normalized spacial score (nSPS) is 21.7. The maximum Gasteiger partial charge on any atom is 0.240 e. The minimum absolute atomic E-state index is 0.318. The molecule has 0 aromatic carbocycles. The van der Waals surface area contributed by atoms with Crippen molar-refractivity contribution in [1.29, 1.82) is 0 Å². The first-order chi connectivity index (χ1) is 8.48. The molecule has 1 unspecified atom stereocenters. The van der Waals surface area contributed by atoms with Crippen molar-refractivity contribution >= 4 is 0 Å². The molecular weight excluding hydrogens is 228 g/mol. The van der Waals surface area contributed by atoms with E-state index >= 15 is 0 Å². The van der Waals surface area contributed by atoms with Crippen LogP contribution in [0.3, 0.4) is 0 Å². The second-order valence-electron chi connectivity index (χ2n) is 6.34. The summed E-state index contributed by atoms with van der Waals surface area (Å²) in [7, 11) is 0. The molecule has 0 bridgehead atoms. The van der Waals surface area contributed by atoms with E-state index in [1.165, 1.54) is 19.3 Å². The van der Waals surface area contributed by atoms with Gasteiger partial charge in [-0.15, -0.1) is 0 Å². The van der Waals surface area contributed by atoms with Crippen LogP contribution in [0.1, 0.15) is 51.7 Å². The summed E-state index contributed by atoms with van der Waals surface area (Å²) >= 11 is 0. The van der Waals surface area contributed by atoms with Crippen molar-refractivity contribution < 1.29 is 4.52 Å². The number of nitrogens with zero attached hydrogens (tertiary/aromatic N) is 3. The van der Waals surface area contributed by atoms with Crippen molar-refractivity contribution in [3.63, 3.8) is 0 Å². The Bertz CT molecular complexity index is 383. The summed E-state index contributed by atoms with van der Waals surface area (Å²) < 4.78 is 5.05. The van der Waals surface area contributed by atoms with E-state index in [9.17, 15) is 0 Å². The van der Waals surface area contributed by atoms with Crippen LogP contribution in [-0.4, -0.2) is 27.6 Å². The Morgan fingerprint density at radius 2 is 2.22 bits per heavy atom. The number of hydrogen-bond acceptors (Lipinski definition) is 5. The number of nitrogens with two attached hydrogens (primary N) is 1. The largest absolute Gasteiger partial charge is 0.338 e. The Hall–Kier alpha value is -0.940. The van der Waals surface area contributed by atoms with Crippen LogP contribution in [0.25, 0.3) is 0 Å². The molecule has 1 aliphatic heterocycles. The molecule has 1 fully saturated rings. The van der Waals surface area contributed by atoms with Crippen molar-refractivity contribution in [1.82, 2.24) is 15.0 Å². The molecule has 2 N–H and O–H groups in total. The average molecular weight is 252 g/mol. The second-order valence-corrected chi connectivity index (χ2v) is 6.34. The van der Waals surface area contributed by atoms with E-state index in [1.54, 1.807) is 0 Å². The van der Waals surface area contributed by atoms with Crippen molar-refractivity contribution in [3.05, 3.63) is 11.7 Å². The number of likely N-dealkylation sites (tertiary alicyclic amines) is 1. The molecule has 18 heavy (non-hydrogen) atoms. The lowest BCUT2D eigenvalue weighted by atomic mass is 9.87. The van der Waals surface area contributed by atoms with Gasteiger partial charge in [-0.3, -0.25) is 4.90 Å². The number of rotatable bonds is 4. The van der Waals surface area contributed by atoms with E-state index in [2.05, 4.69) is 35.8 Å². The third-order valence-electron chi connectivity index (χ3n) is 3.38. The van der Waals surface area contributed by atoms with Crippen LogP contribution in [0.2, 0.25) is 0 Å². The third-order valence-corrected chi connectivity index (χ3v) is 3.38. The van der Waals surface area contributed by atoms with Gasteiger partial charge in [0.2, 0.25) is 5.89 Å². The summed E-state index contributed by atoms with van der Waals surface area (Å²) in [5.41, 5.74) is 5.84. The van der Waals surface area contributed by atoms with Gasteiger partial charge in [-0.2, -0.15) is 4.98 Å². The molecule has 0 amide bonds. The molecule has 1 atom stereocenters. The van der Waals surface area contributed by atoms with Gasteiger partial charge in [-0.05, 0) is 31.2 Å². The standard InChI is InChI=1S/C13H24N4O/c1-13(2,3)7-10-5-4-6-17(10)9-11-15-12(8-14)18-16-11/h10H,4-9,14H2,1-3H3. The summed E-state index contributed by atoms with van der Waals surface area (Å²) in [6, 6.07) is 0.643. The molecular formula is C13H24N4O. The Kier molecular flexibility index (Phi) is 4.02. The molecule has 1 aromatic rings. The summed E-state index contributed by atoms with van der Waals surface area (Å²) in [6.07, 6.45) is 3.76. The quantitative estimate of drug-likeness (QED) is 0.886. The highest BCUT2D eigenvalue weighted by Gasteiger charge is 2.29. The van der Waals surface area contributed by atoms with Gasteiger partial charge in [0.1, 0.15) is 0 Å². The molecule has 2 heterocycles. The SMILES string of the molecule is CC(C)(C)CC1CCCN1Cc1noc(CN)n1. The van der Waals surface area contributed by atoms with Gasteiger partial charge in [-0.1, -0.05) is 25.9 Å². The van der Waals surface area contributed by atoms with E-state index in [-0.39, 0.29) is 0 Å². The van der Waals surface area contributed by atoms with Gasteiger partial charge < -0.3 is 10.3 Å². The molecule has 0 radical (unpaired) electrons. The first kappa shape index (κ1) is 13.5. The van der Waals surface area contributed by atoms with Crippen LogP contribution in [0.5, 0.6) is 0 Å². The zero-order chi connectivity index (χ0) is 13.2. The van der Waals surface area contributed by atoms with Crippen LogP contribution in [0, 0.1) is 5.41 Å². The Morgan fingerprint density at radius 3 is 2.83 bits per heavy atom. The van der Waals surface area contributed by atoms with Crippen LogP contribution < -0.4 is 5.73 Å². The lowest BCUT2D eigenvalue weighted by Gasteiger charge is -2.29. The fraction of sp³-hybridized carbons (Fsp3) is 0.846. The van der Waals surface area contributed by atoms with Crippen molar-refractivity contribution in [2.24, 2.45) is 11.1 Å². The van der Waals surface area contributed by atoms with Crippen molar-refractivity contribution in [2.45, 2.75) is 59.2 Å². The Morgan fingerprint density at radius 1 is 1.44 bits per heavy atom. The molecule has 1 aliphatic rings. The molecule has 5 nitrogen and oxygen atoms in total. The van der Waals surface area contributed by atoms with Gasteiger partial charge in [0.25, 0.3) is 0 Å². The lowest BCUT2D eigenvalue weighted by molar-refractivity contribution is 0.180. The van der Waals surface area contributed by atoms with E-state index in [4.69, 9.17) is 10.3 Å². The van der Waals surface area contributed by atoms with Gasteiger partial charge in [0.05, 0.1) is 13.1 Å². The fourth-order valence-electron chi connectivity index (χ4n) is 2.66. The lowest BCUT2D eigenvalue weighted by Crippen LogP contribution is -2.32. The monoisotopic (exact) mass is 252 g/mol. The van der Waals surface area contributed by atoms with Crippen LogP contribution >= 0.6 is 0 Å². The maximum atomic E-state index is 5.47. The predicted molar refractivity (Wildman–Crippen MR) is 69.7 cm³/mol. The molecule has 0 saturated carbocycles. The van der Waals surface area contributed by atoms with Gasteiger partial charge in [0.15, 0.2) is 5.82 Å². The number of hydrogen-bond donors (Lipinski definition) is 1. The zero-order valence-corrected chi connectivity index (χ0v) is 11.6. The Labute approximate surface area is 109 Å². The van der Waals surface area contributed by atoms with Crippen LogP contribution in [0.15, 0.2) is 4.52 Å². The molecule has 2 rings (SSSR count). The van der Waals surface area contributed by atoms with Crippen LogP contribution in [0.4, 0.5) is 0 Å². The second kappa shape index (κ2) is 5.36. The van der Waals surface area contributed by atoms with E-state index < -0.39 is 0 Å². The summed E-state index contributed by atoms with van der Waals surface area (Å²) in [5.74, 6) is 1.29. The highest BCUT2D eigenvalue weighted by molar-refractivity contribution is 4.90. The smallest absolute Gasteiger partial charge is 0.240 e. The summed E-state index contributed by atoms with van der Waals surface area (Å²) in [5, 5.41) is 3.97. The van der Waals surface area contributed by atoms with E-state index in [1.807, 2.05) is 0 Å². The minimum Gasteiger partial charge on any atom is -0.338 e. The van der Waals surface area contributed by atoms with Crippen LogP contribution in [-0.2, 0) is 13.1 Å². The summed E-state index contributed by atoms with van der Waals surface area (Å²) in [4.78, 5) is 6.75. The predicted octanol–water partition coefficient (Wildman–Crippen LogP) is 1.93. The average Bonchev–Trinajstić information content (AvgIpc) is 2.87. The van der Waals surface area contributed by atoms with Crippen molar-refractivity contribution in [2.75, 3.05) is 6.54 Å². The molecule has 0 spiro atoms. The minimum atomic E-state index is 0.318. The highest BCUT2D eigenvalue weighted by atomic mass is 16.5. The third kappa shape index (κ3) is 3.53. The van der Waals surface area contributed by atoms with Gasteiger partial charge in [-0.25, -0.2) is 0 Å². The van der Waals surface area contributed by atoms with E-state index in [0.717, 1.165) is 18.9 Å². The molecule has 5 heteroatoms. The fourth-order valence-corrected chi connectivity index (χ4v) is 2.66. The zero-order valence-electron chi connectivity index (χ0n) is 11.6. The molecule has 102 valence electrons. The van der Waals surface area contributed by atoms with Crippen molar-refractivity contribution in [3.8, 4) is 0 Å². The molecule has 0 aliphatic carbocycles. The van der Waals surface area contributed by atoms with Gasteiger partial charge in [0, 0.05) is 6.04 Å². The molecule has 1 saturated heterocycles. The first-order valence-corrected chi connectivity index (χ1v) is 6.73. The summed E-state index contributed by atoms with van der Waals surface area (Å²) in [6.45, 7) is 9.12. The Balaban J connectivity index is 1.95. The number of aromatic nitrogens is 2. The van der Waals surface area contributed by atoms with Gasteiger partial charge >= 0.3 is 0 Å². The first-order valence-electron chi connectivity index (χ1n) is 6.73. The highest BCUT2D eigenvalue weighted by Crippen LogP contribution is 2.30. The topological polar surface area (TPSA) is 68.2 Å².